The Morgan fingerprint density at radius 3 is 2.29 bits per heavy atom. The van der Waals surface area contributed by atoms with Gasteiger partial charge in [0.25, 0.3) is 0 Å². The Kier molecular flexibility index (Phi) is 5.66. The molecule has 2 amide bonds. The molecule has 4 rings (SSSR count). The summed E-state index contributed by atoms with van der Waals surface area (Å²) in [5.41, 5.74) is -1.83. The van der Waals surface area contributed by atoms with E-state index in [1.54, 1.807) is 9.80 Å². The third-order valence-corrected chi connectivity index (χ3v) is 6.34. The second-order valence-corrected chi connectivity index (χ2v) is 8.40. The zero-order valence-corrected chi connectivity index (χ0v) is 18.3. The molecule has 34 heavy (non-hydrogen) atoms. The number of urea groups is 1. The maximum absolute atomic E-state index is 13.6. The molecule has 2 aliphatic rings. The molecule has 2 fully saturated rings. The molecule has 1 atom stereocenters. The maximum atomic E-state index is 13.6. The van der Waals surface area contributed by atoms with Crippen molar-refractivity contribution < 1.29 is 31.1 Å². The van der Waals surface area contributed by atoms with Crippen LogP contribution >= 0.6 is 0 Å². The van der Waals surface area contributed by atoms with Gasteiger partial charge in [0.2, 0.25) is 0 Å². The Labute approximate surface area is 192 Å². The number of carbonyl (C=O) groups is 1. The molecule has 0 radical (unpaired) electrons. The number of alkyl halides is 6. The zero-order chi connectivity index (χ0) is 25.0. The van der Waals surface area contributed by atoms with Gasteiger partial charge in [0.1, 0.15) is 0 Å². The fourth-order valence-electron chi connectivity index (χ4n) is 4.75. The highest BCUT2D eigenvalue weighted by Crippen LogP contribution is 2.41. The number of fused-ring (bicyclic) bond motifs is 1. The molecule has 2 aliphatic heterocycles. The Morgan fingerprint density at radius 1 is 0.971 bits per heavy atom. The molecule has 0 saturated carbocycles. The molecule has 5 nitrogen and oxygen atoms in total. The number of benzene rings is 2. The van der Waals surface area contributed by atoms with Crippen molar-refractivity contribution in [2.24, 2.45) is 0 Å². The summed E-state index contributed by atoms with van der Waals surface area (Å²) < 4.78 is 80.8. The Hall–Kier alpha value is -3.42. The van der Waals surface area contributed by atoms with E-state index >= 15 is 0 Å². The van der Waals surface area contributed by atoms with Gasteiger partial charge in [0, 0.05) is 37.6 Å². The SMILES string of the molecule is [C-]#[N+]c1ccc(N2CCN3C(=O)N(c4ccc(C)c(C(F)(F)F)c4C)C[C@@H]3C2)cc1C(F)(F)F. The minimum Gasteiger partial charge on any atom is -0.368 e. The normalized spacial score (nSPS) is 18.9. The summed E-state index contributed by atoms with van der Waals surface area (Å²) in [7, 11) is 0. The zero-order valence-electron chi connectivity index (χ0n) is 18.3. The second-order valence-electron chi connectivity index (χ2n) is 8.40. The molecule has 11 heteroatoms. The minimum absolute atomic E-state index is 0.0397. The summed E-state index contributed by atoms with van der Waals surface area (Å²) in [5.74, 6) is 0. The van der Waals surface area contributed by atoms with Gasteiger partial charge in [0.05, 0.1) is 23.7 Å². The number of piperazine rings is 1. The lowest BCUT2D eigenvalue weighted by molar-refractivity contribution is -0.138. The molecule has 0 unspecified atom stereocenters. The van der Waals surface area contributed by atoms with Crippen LogP contribution in [0.3, 0.4) is 0 Å². The van der Waals surface area contributed by atoms with Crippen LogP contribution in [0, 0.1) is 20.4 Å². The highest BCUT2D eigenvalue weighted by Gasteiger charge is 2.44. The molecule has 2 saturated heterocycles. The summed E-state index contributed by atoms with van der Waals surface area (Å²) in [5, 5.41) is 0. The predicted molar refractivity (Wildman–Crippen MR) is 114 cm³/mol. The largest absolute Gasteiger partial charge is 0.416 e. The molecule has 0 aromatic heterocycles. The van der Waals surface area contributed by atoms with E-state index in [2.05, 4.69) is 4.85 Å². The summed E-state index contributed by atoms with van der Waals surface area (Å²) in [4.78, 5) is 20.5. The van der Waals surface area contributed by atoms with Crippen LogP contribution in [0.4, 0.5) is 48.2 Å². The molecular formula is C23H20F6N4O. The van der Waals surface area contributed by atoms with Gasteiger partial charge in [-0.15, -0.1) is 0 Å². The third kappa shape index (κ3) is 4.02. The molecular weight excluding hydrogens is 462 g/mol. The van der Waals surface area contributed by atoms with Crippen molar-refractivity contribution in [3.05, 3.63) is 64.0 Å². The first-order valence-electron chi connectivity index (χ1n) is 10.4. The fraction of sp³-hybridized carbons (Fsp3) is 0.391. The average molecular weight is 482 g/mol. The summed E-state index contributed by atoms with van der Waals surface area (Å²) in [6.45, 7) is 10.5. The fourth-order valence-corrected chi connectivity index (χ4v) is 4.75. The highest BCUT2D eigenvalue weighted by molar-refractivity contribution is 5.96. The average Bonchev–Trinajstić information content (AvgIpc) is 3.07. The van der Waals surface area contributed by atoms with Crippen LogP contribution in [0.2, 0.25) is 0 Å². The van der Waals surface area contributed by atoms with E-state index in [4.69, 9.17) is 6.57 Å². The van der Waals surface area contributed by atoms with Crippen molar-refractivity contribution >= 4 is 23.1 Å². The second kappa shape index (κ2) is 8.11. The third-order valence-electron chi connectivity index (χ3n) is 6.34. The standard InChI is InChI=1S/C23H20F6N4O/c1-13-4-7-19(14(2)20(13)23(27,28)29)33-12-16-11-31(8-9-32(16)21(33)34)15-5-6-18(30-3)17(10-15)22(24,25)26/h4-7,10,16H,8-9,11-12H2,1-2H3/t16-/m0/s1. The number of anilines is 2. The molecule has 180 valence electrons. The van der Waals surface area contributed by atoms with E-state index in [1.165, 1.54) is 36.9 Å². The lowest BCUT2D eigenvalue weighted by Crippen LogP contribution is -2.52. The number of aryl methyl sites for hydroxylation is 1. The summed E-state index contributed by atoms with van der Waals surface area (Å²) in [6, 6.07) is 5.48. The number of amides is 2. The Bertz CT molecular complexity index is 1180. The number of halogens is 6. The van der Waals surface area contributed by atoms with Gasteiger partial charge < -0.3 is 9.80 Å². The Morgan fingerprint density at radius 2 is 1.68 bits per heavy atom. The van der Waals surface area contributed by atoms with Gasteiger partial charge in [-0.25, -0.2) is 9.64 Å². The Balaban J connectivity index is 1.61. The number of rotatable bonds is 2. The molecule has 0 spiro atoms. The highest BCUT2D eigenvalue weighted by atomic mass is 19.4. The topological polar surface area (TPSA) is 31.1 Å². The smallest absolute Gasteiger partial charge is 0.368 e. The van der Waals surface area contributed by atoms with Crippen molar-refractivity contribution in [2.45, 2.75) is 32.2 Å². The summed E-state index contributed by atoms with van der Waals surface area (Å²) in [6.07, 6.45) is -9.25. The van der Waals surface area contributed by atoms with Crippen molar-refractivity contribution in [1.29, 1.82) is 0 Å². The van der Waals surface area contributed by atoms with Crippen molar-refractivity contribution in [1.82, 2.24) is 4.90 Å². The molecule has 0 N–H and O–H groups in total. The van der Waals surface area contributed by atoms with E-state index in [1.807, 2.05) is 0 Å². The monoisotopic (exact) mass is 482 g/mol. The van der Waals surface area contributed by atoms with Crippen LogP contribution < -0.4 is 9.80 Å². The first-order chi connectivity index (χ1) is 15.8. The quantitative estimate of drug-likeness (QED) is 0.387. The number of nitrogens with zero attached hydrogens (tertiary/aromatic N) is 4. The summed E-state index contributed by atoms with van der Waals surface area (Å²) >= 11 is 0. The van der Waals surface area contributed by atoms with Crippen LogP contribution in [0.15, 0.2) is 30.3 Å². The van der Waals surface area contributed by atoms with E-state index < -0.39 is 41.2 Å². The molecule has 2 aromatic rings. The van der Waals surface area contributed by atoms with Crippen molar-refractivity contribution in [3.63, 3.8) is 0 Å². The van der Waals surface area contributed by atoms with Gasteiger partial charge in [-0.3, -0.25) is 4.90 Å². The lowest BCUT2D eigenvalue weighted by Gasteiger charge is -2.38. The molecule has 0 aliphatic carbocycles. The van der Waals surface area contributed by atoms with E-state index in [-0.39, 0.29) is 48.7 Å². The number of carbonyl (C=O) groups excluding carboxylic acids is 1. The van der Waals surface area contributed by atoms with Gasteiger partial charge in [-0.05, 0) is 43.2 Å². The lowest BCUT2D eigenvalue weighted by atomic mass is 10.00. The van der Waals surface area contributed by atoms with Gasteiger partial charge >= 0.3 is 18.4 Å². The van der Waals surface area contributed by atoms with Crippen LogP contribution in [0.25, 0.3) is 4.85 Å². The van der Waals surface area contributed by atoms with Crippen LogP contribution in [0.5, 0.6) is 0 Å². The molecule has 0 bridgehead atoms. The maximum Gasteiger partial charge on any atom is 0.416 e. The van der Waals surface area contributed by atoms with Gasteiger partial charge in [-0.1, -0.05) is 12.1 Å². The first kappa shape index (κ1) is 23.7. The number of hydrogen-bond donors (Lipinski definition) is 0. The van der Waals surface area contributed by atoms with Gasteiger partial charge in [-0.2, -0.15) is 26.3 Å². The van der Waals surface area contributed by atoms with Crippen molar-refractivity contribution in [3.8, 4) is 0 Å². The van der Waals surface area contributed by atoms with E-state index in [9.17, 15) is 31.1 Å². The van der Waals surface area contributed by atoms with Crippen LogP contribution in [-0.4, -0.2) is 43.2 Å². The van der Waals surface area contributed by atoms with Crippen LogP contribution in [0.1, 0.15) is 22.3 Å². The molecule has 2 aromatic carbocycles. The predicted octanol–water partition coefficient (Wildman–Crippen LogP) is 6.02. The van der Waals surface area contributed by atoms with E-state index in [0.717, 1.165) is 12.1 Å². The van der Waals surface area contributed by atoms with Gasteiger partial charge in [0.15, 0.2) is 5.69 Å². The first-order valence-corrected chi connectivity index (χ1v) is 10.4. The van der Waals surface area contributed by atoms with Crippen molar-refractivity contribution in [2.75, 3.05) is 36.0 Å². The minimum atomic E-state index is -4.68. The van der Waals surface area contributed by atoms with E-state index in [0.29, 0.717) is 0 Å². The molecule has 2 heterocycles. The number of hydrogen-bond acceptors (Lipinski definition) is 2. The van der Waals surface area contributed by atoms with Crippen LogP contribution in [-0.2, 0) is 12.4 Å².